The maximum atomic E-state index is 12.5. The normalized spacial score (nSPS) is 37.6. The van der Waals surface area contributed by atoms with Gasteiger partial charge in [-0.25, -0.2) is 0 Å². The summed E-state index contributed by atoms with van der Waals surface area (Å²) in [7, 11) is 0. The largest absolute Gasteiger partial charge is 0.471 e. The first-order valence-corrected chi connectivity index (χ1v) is 9.40. The summed E-state index contributed by atoms with van der Waals surface area (Å²) in [5.41, 5.74) is 0.188. The van der Waals surface area contributed by atoms with Crippen LogP contribution in [0.5, 0.6) is 0 Å². The van der Waals surface area contributed by atoms with Crippen LogP contribution in [0.4, 0.5) is 13.2 Å². The fourth-order valence-electron chi connectivity index (χ4n) is 6.22. The van der Waals surface area contributed by atoms with E-state index in [1.165, 1.54) is 32.1 Å². The molecule has 5 fully saturated rings. The molecule has 4 bridgehead atoms. The Morgan fingerprint density at radius 2 is 1.64 bits per heavy atom. The van der Waals surface area contributed by atoms with E-state index in [1.54, 1.807) is 0 Å². The molecule has 7 heteroatoms. The van der Waals surface area contributed by atoms with Crippen LogP contribution >= 0.6 is 0 Å². The first-order chi connectivity index (χ1) is 11.7. The van der Waals surface area contributed by atoms with Crippen molar-refractivity contribution in [3.63, 3.8) is 0 Å². The molecule has 4 saturated carbocycles. The summed E-state index contributed by atoms with van der Waals surface area (Å²) in [6.45, 7) is 0.112. The average Bonchev–Trinajstić information content (AvgIpc) is 2.92. The van der Waals surface area contributed by atoms with Crippen LogP contribution in [0.1, 0.15) is 51.4 Å². The first-order valence-electron chi connectivity index (χ1n) is 9.40. The number of likely N-dealkylation sites (tertiary alicyclic amines) is 1. The third kappa shape index (κ3) is 3.26. The van der Waals surface area contributed by atoms with Crippen molar-refractivity contribution in [2.45, 2.75) is 63.6 Å². The van der Waals surface area contributed by atoms with Crippen LogP contribution in [-0.2, 0) is 9.59 Å². The number of carbonyl (C=O) groups excluding carboxylic acids is 2. The Kier molecular flexibility index (Phi) is 4.03. The van der Waals surface area contributed by atoms with Gasteiger partial charge in [0.05, 0.1) is 0 Å². The number of amides is 2. The van der Waals surface area contributed by atoms with Gasteiger partial charge in [0.15, 0.2) is 0 Å². The number of alkyl halides is 3. The van der Waals surface area contributed by atoms with Gasteiger partial charge < -0.3 is 10.2 Å². The molecular formula is C18H25F3N2O2. The highest BCUT2D eigenvalue weighted by Crippen LogP contribution is 2.65. The van der Waals surface area contributed by atoms with E-state index in [2.05, 4.69) is 5.32 Å². The molecule has 1 aliphatic heterocycles. The number of nitrogens with one attached hydrogen (secondary N) is 1. The Bertz CT molecular complexity index is 550. The monoisotopic (exact) mass is 358 g/mol. The summed E-state index contributed by atoms with van der Waals surface area (Å²) in [5, 5.41) is 3.01. The summed E-state index contributed by atoms with van der Waals surface area (Å²) in [5.74, 6) is 0.727. The number of carbonyl (C=O) groups is 2. The van der Waals surface area contributed by atoms with Crippen LogP contribution in [0.15, 0.2) is 0 Å². The fourth-order valence-corrected chi connectivity index (χ4v) is 6.22. The minimum absolute atomic E-state index is 0.0440. The second kappa shape index (κ2) is 5.88. The zero-order valence-electron chi connectivity index (χ0n) is 14.3. The molecule has 2 atom stereocenters. The standard InChI is InChI=1S/C18H25F3N2O2/c19-18(20,21)16(25)23-3-1-14(2-4-23)22-15(24)10-17-7-11-5-12(8-17)13(6-11)9-17/h11-14H,1-10H2,(H,22,24). The molecule has 140 valence electrons. The summed E-state index contributed by atoms with van der Waals surface area (Å²) < 4.78 is 37.4. The van der Waals surface area contributed by atoms with Crippen molar-refractivity contribution in [3.05, 3.63) is 0 Å². The van der Waals surface area contributed by atoms with Crippen molar-refractivity contribution >= 4 is 11.8 Å². The van der Waals surface area contributed by atoms with E-state index in [4.69, 9.17) is 0 Å². The molecule has 1 saturated heterocycles. The molecule has 4 aliphatic carbocycles. The van der Waals surface area contributed by atoms with Gasteiger partial charge in [-0.3, -0.25) is 9.59 Å². The minimum Gasteiger partial charge on any atom is -0.353 e. The minimum atomic E-state index is -4.81. The maximum Gasteiger partial charge on any atom is 0.471 e. The van der Waals surface area contributed by atoms with Gasteiger partial charge in [-0.2, -0.15) is 13.2 Å². The van der Waals surface area contributed by atoms with E-state index in [1.807, 2.05) is 0 Å². The lowest BCUT2D eigenvalue weighted by Gasteiger charge is -2.38. The number of hydrogen-bond acceptors (Lipinski definition) is 2. The van der Waals surface area contributed by atoms with Gasteiger partial charge in [-0.15, -0.1) is 0 Å². The maximum absolute atomic E-state index is 12.5. The molecule has 2 amide bonds. The summed E-state index contributed by atoms with van der Waals surface area (Å²) in [6.07, 6.45) is 2.78. The highest BCUT2D eigenvalue weighted by molar-refractivity contribution is 5.82. The summed E-state index contributed by atoms with van der Waals surface area (Å²) in [4.78, 5) is 24.6. The molecule has 5 rings (SSSR count). The van der Waals surface area contributed by atoms with E-state index >= 15 is 0 Å². The molecule has 1 heterocycles. The van der Waals surface area contributed by atoms with Crippen molar-refractivity contribution in [1.29, 1.82) is 0 Å². The Morgan fingerprint density at radius 1 is 1.04 bits per heavy atom. The zero-order valence-corrected chi connectivity index (χ0v) is 14.3. The molecule has 5 aliphatic rings. The van der Waals surface area contributed by atoms with Gasteiger partial charge in [0.2, 0.25) is 5.91 Å². The van der Waals surface area contributed by atoms with Crippen LogP contribution in [0, 0.1) is 23.2 Å². The number of rotatable bonds is 3. The van der Waals surface area contributed by atoms with Crippen LogP contribution in [0.25, 0.3) is 0 Å². The molecule has 0 radical (unpaired) electrons. The number of halogens is 3. The van der Waals surface area contributed by atoms with Crippen molar-refractivity contribution in [3.8, 4) is 0 Å². The van der Waals surface area contributed by atoms with Gasteiger partial charge in [0, 0.05) is 25.6 Å². The smallest absolute Gasteiger partial charge is 0.353 e. The number of nitrogens with zero attached hydrogens (tertiary/aromatic N) is 1. The fraction of sp³-hybridized carbons (Fsp3) is 0.889. The lowest BCUT2D eigenvalue weighted by molar-refractivity contribution is -0.186. The Hall–Kier alpha value is -1.27. The highest BCUT2D eigenvalue weighted by Gasteiger charge is 2.56. The molecule has 25 heavy (non-hydrogen) atoms. The van der Waals surface area contributed by atoms with E-state index in [0.717, 1.165) is 22.7 Å². The molecule has 0 spiro atoms. The molecule has 2 unspecified atom stereocenters. The molecule has 4 nitrogen and oxygen atoms in total. The Labute approximate surface area is 145 Å². The van der Waals surface area contributed by atoms with Crippen molar-refractivity contribution in [2.75, 3.05) is 13.1 Å². The molecule has 0 aromatic rings. The third-order valence-electron chi connectivity index (χ3n) is 6.98. The second-order valence-corrected chi connectivity index (χ2v) is 8.78. The second-order valence-electron chi connectivity index (χ2n) is 8.78. The van der Waals surface area contributed by atoms with Crippen LogP contribution in [0.2, 0.25) is 0 Å². The summed E-state index contributed by atoms with van der Waals surface area (Å²) in [6, 6.07) is -0.114. The quantitative estimate of drug-likeness (QED) is 0.843. The van der Waals surface area contributed by atoms with E-state index in [0.29, 0.717) is 19.3 Å². The molecular weight excluding hydrogens is 333 g/mol. The third-order valence-corrected chi connectivity index (χ3v) is 6.98. The lowest BCUT2D eigenvalue weighted by Crippen LogP contribution is -2.50. The van der Waals surface area contributed by atoms with Gasteiger partial charge in [-0.05, 0) is 68.1 Å². The predicted octanol–water partition coefficient (Wildman–Crippen LogP) is 2.87. The Morgan fingerprint density at radius 3 is 2.16 bits per heavy atom. The van der Waals surface area contributed by atoms with E-state index < -0.39 is 12.1 Å². The molecule has 1 N–H and O–H groups in total. The van der Waals surface area contributed by atoms with Crippen LogP contribution in [-0.4, -0.2) is 42.0 Å². The van der Waals surface area contributed by atoms with Gasteiger partial charge in [0.25, 0.3) is 0 Å². The zero-order chi connectivity index (χ0) is 17.8. The SMILES string of the molecule is O=C(CC12CC3CC(C1)C(C3)C2)NC1CCN(C(=O)C(F)(F)F)CC1. The van der Waals surface area contributed by atoms with Crippen LogP contribution < -0.4 is 5.32 Å². The van der Waals surface area contributed by atoms with E-state index in [-0.39, 0.29) is 30.5 Å². The predicted molar refractivity (Wildman–Crippen MR) is 84.4 cm³/mol. The number of hydrogen-bond donors (Lipinski definition) is 1. The van der Waals surface area contributed by atoms with Gasteiger partial charge in [0.1, 0.15) is 0 Å². The summed E-state index contributed by atoms with van der Waals surface area (Å²) >= 11 is 0. The van der Waals surface area contributed by atoms with Crippen LogP contribution in [0.3, 0.4) is 0 Å². The van der Waals surface area contributed by atoms with Crippen molar-refractivity contribution in [1.82, 2.24) is 10.2 Å². The van der Waals surface area contributed by atoms with Crippen molar-refractivity contribution in [2.24, 2.45) is 23.2 Å². The average molecular weight is 358 g/mol. The topological polar surface area (TPSA) is 49.4 Å². The lowest BCUT2D eigenvalue weighted by atomic mass is 9.67. The number of piperidine rings is 1. The highest BCUT2D eigenvalue weighted by atomic mass is 19.4. The first kappa shape index (κ1) is 17.2. The molecule has 0 aromatic carbocycles. The van der Waals surface area contributed by atoms with E-state index in [9.17, 15) is 22.8 Å². The van der Waals surface area contributed by atoms with Gasteiger partial charge in [-0.1, -0.05) is 0 Å². The van der Waals surface area contributed by atoms with Crippen molar-refractivity contribution < 1.29 is 22.8 Å². The molecule has 0 aromatic heterocycles. The Balaban J connectivity index is 1.25. The van der Waals surface area contributed by atoms with Gasteiger partial charge >= 0.3 is 12.1 Å².